The third-order valence-electron chi connectivity index (χ3n) is 3.02. The fraction of sp³-hybridized carbons (Fsp3) is 0.231. The zero-order chi connectivity index (χ0) is 13.2. The van der Waals surface area contributed by atoms with Crippen LogP contribution in [-0.2, 0) is 13.5 Å². The van der Waals surface area contributed by atoms with E-state index in [0.717, 1.165) is 16.5 Å². The maximum Gasteiger partial charge on any atom is 0.176 e. The fourth-order valence-electron chi connectivity index (χ4n) is 2.14. The Balaban J connectivity index is 1.95. The van der Waals surface area contributed by atoms with Gasteiger partial charge in [0.2, 0.25) is 0 Å². The van der Waals surface area contributed by atoms with E-state index in [1.54, 1.807) is 13.2 Å². The maximum atomic E-state index is 6.25. The molecule has 96 valence electrons. The summed E-state index contributed by atoms with van der Waals surface area (Å²) in [7, 11) is 1.74. The molecule has 19 heavy (non-hydrogen) atoms. The van der Waals surface area contributed by atoms with Crippen molar-refractivity contribution in [2.24, 2.45) is 12.8 Å². The predicted molar refractivity (Wildman–Crippen MR) is 71.2 cm³/mol. The van der Waals surface area contributed by atoms with Crippen LogP contribution in [0.4, 0.5) is 0 Å². The van der Waals surface area contributed by atoms with Crippen molar-refractivity contribution in [3.8, 4) is 0 Å². The number of benzene rings is 1. The molecule has 0 fully saturated rings. The quantitative estimate of drug-likeness (QED) is 0.754. The lowest BCUT2D eigenvalue weighted by Gasteiger charge is -2.11. The average molecular weight is 254 g/mol. The minimum Gasteiger partial charge on any atom is -0.324 e. The van der Waals surface area contributed by atoms with E-state index in [1.165, 1.54) is 4.80 Å². The largest absolute Gasteiger partial charge is 0.324 e. The third kappa shape index (κ3) is 2.30. The fourth-order valence-corrected chi connectivity index (χ4v) is 2.14. The summed E-state index contributed by atoms with van der Waals surface area (Å²) in [5.74, 6) is 0.642. The molecule has 0 amide bonds. The van der Waals surface area contributed by atoms with Crippen LogP contribution in [0.5, 0.6) is 0 Å². The predicted octanol–water partition coefficient (Wildman–Crippen LogP) is 1.00. The summed E-state index contributed by atoms with van der Waals surface area (Å²) in [6, 6.07) is 9.77. The molecule has 0 spiro atoms. The minimum atomic E-state index is -0.192. The molecule has 2 aromatic heterocycles. The van der Waals surface area contributed by atoms with Crippen molar-refractivity contribution < 1.29 is 0 Å². The van der Waals surface area contributed by atoms with Gasteiger partial charge < -0.3 is 5.73 Å². The standard InChI is InChI=1S/C13H14N6/c1-19-17-12(16-18-19)8-11(14)10-6-2-4-9-5-3-7-15-13(9)10/h2-7,11H,8,14H2,1H3. The summed E-state index contributed by atoms with van der Waals surface area (Å²) < 4.78 is 0. The second-order valence-electron chi connectivity index (χ2n) is 4.43. The van der Waals surface area contributed by atoms with Gasteiger partial charge in [0.1, 0.15) is 0 Å². The highest BCUT2D eigenvalue weighted by Gasteiger charge is 2.14. The summed E-state index contributed by atoms with van der Waals surface area (Å²) in [4.78, 5) is 5.84. The number of nitrogens with zero attached hydrogens (tertiary/aromatic N) is 5. The van der Waals surface area contributed by atoms with Crippen LogP contribution in [0, 0.1) is 0 Å². The zero-order valence-electron chi connectivity index (χ0n) is 10.6. The minimum absolute atomic E-state index is 0.192. The number of aryl methyl sites for hydroxylation is 1. The van der Waals surface area contributed by atoms with Gasteiger partial charge in [-0.05, 0) is 16.8 Å². The Kier molecular flexibility index (Phi) is 2.92. The molecule has 1 aromatic carbocycles. The lowest BCUT2D eigenvalue weighted by molar-refractivity contribution is 0.623. The van der Waals surface area contributed by atoms with Crippen LogP contribution >= 0.6 is 0 Å². The van der Waals surface area contributed by atoms with Gasteiger partial charge >= 0.3 is 0 Å². The van der Waals surface area contributed by atoms with Gasteiger partial charge in [-0.2, -0.15) is 4.80 Å². The number of rotatable bonds is 3. The summed E-state index contributed by atoms with van der Waals surface area (Å²) in [6.07, 6.45) is 2.32. The number of aromatic nitrogens is 5. The molecule has 1 atom stereocenters. The Bertz CT molecular complexity index is 700. The normalized spacial score (nSPS) is 12.7. The van der Waals surface area contributed by atoms with E-state index >= 15 is 0 Å². The van der Waals surface area contributed by atoms with E-state index in [0.29, 0.717) is 12.2 Å². The first-order valence-corrected chi connectivity index (χ1v) is 6.06. The van der Waals surface area contributed by atoms with Crippen LogP contribution in [0.3, 0.4) is 0 Å². The number of nitrogens with two attached hydrogens (primary N) is 1. The average Bonchev–Trinajstić information content (AvgIpc) is 2.83. The van der Waals surface area contributed by atoms with E-state index < -0.39 is 0 Å². The van der Waals surface area contributed by atoms with Crippen molar-refractivity contribution in [1.29, 1.82) is 0 Å². The Hall–Kier alpha value is -2.34. The van der Waals surface area contributed by atoms with Crippen LogP contribution < -0.4 is 5.73 Å². The monoisotopic (exact) mass is 254 g/mol. The van der Waals surface area contributed by atoms with Gasteiger partial charge in [0.25, 0.3) is 0 Å². The molecule has 6 nitrogen and oxygen atoms in total. The molecule has 0 radical (unpaired) electrons. The summed E-state index contributed by atoms with van der Waals surface area (Å²) in [6.45, 7) is 0. The highest BCUT2D eigenvalue weighted by atomic mass is 15.6. The number of fused-ring (bicyclic) bond motifs is 1. The van der Waals surface area contributed by atoms with E-state index in [2.05, 4.69) is 20.4 Å². The second kappa shape index (κ2) is 4.74. The highest BCUT2D eigenvalue weighted by molar-refractivity contribution is 5.81. The van der Waals surface area contributed by atoms with Crippen LogP contribution in [0.1, 0.15) is 17.4 Å². The number of pyridine rings is 1. The van der Waals surface area contributed by atoms with Crippen LogP contribution in [0.15, 0.2) is 36.5 Å². The van der Waals surface area contributed by atoms with Crippen molar-refractivity contribution >= 4 is 10.9 Å². The van der Waals surface area contributed by atoms with Crippen LogP contribution in [0.2, 0.25) is 0 Å². The molecule has 2 heterocycles. The Labute approximate surface area is 110 Å². The SMILES string of the molecule is Cn1nnc(CC(N)c2cccc3cccnc23)n1. The second-order valence-corrected chi connectivity index (χ2v) is 4.43. The lowest BCUT2D eigenvalue weighted by Crippen LogP contribution is -2.15. The first kappa shape index (κ1) is 11.7. The maximum absolute atomic E-state index is 6.25. The number of hydrogen-bond donors (Lipinski definition) is 1. The van der Waals surface area contributed by atoms with Gasteiger partial charge in [-0.25, -0.2) is 0 Å². The molecule has 0 aliphatic rings. The van der Waals surface area contributed by atoms with Gasteiger partial charge in [0.05, 0.1) is 12.6 Å². The highest BCUT2D eigenvalue weighted by Crippen LogP contribution is 2.22. The van der Waals surface area contributed by atoms with E-state index in [-0.39, 0.29) is 6.04 Å². The van der Waals surface area contributed by atoms with Crippen molar-refractivity contribution in [3.63, 3.8) is 0 Å². The smallest absolute Gasteiger partial charge is 0.176 e. The summed E-state index contributed by atoms with van der Waals surface area (Å²) in [5, 5.41) is 13.0. The van der Waals surface area contributed by atoms with Crippen molar-refractivity contribution in [3.05, 3.63) is 47.9 Å². The number of hydrogen-bond acceptors (Lipinski definition) is 5. The summed E-state index contributed by atoms with van der Waals surface area (Å²) >= 11 is 0. The molecule has 2 N–H and O–H groups in total. The third-order valence-corrected chi connectivity index (χ3v) is 3.02. The number of tetrazole rings is 1. The van der Waals surface area contributed by atoms with E-state index in [4.69, 9.17) is 5.73 Å². The van der Waals surface area contributed by atoms with Crippen LogP contribution in [0.25, 0.3) is 10.9 Å². The van der Waals surface area contributed by atoms with Crippen molar-refractivity contribution in [1.82, 2.24) is 25.2 Å². The Morgan fingerprint density at radius 2 is 2.11 bits per heavy atom. The topological polar surface area (TPSA) is 82.5 Å². The molecular formula is C13H14N6. The van der Waals surface area contributed by atoms with Crippen molar-refractivity contribution in [2.75, 3.05) is 0 Å². The van der Waals surface area contributed by atoms with Gasteiger partial charge in [-0.1, -0.05) is 24.3 Å². The molecule has 0 saturated heterocycles. The molecule has 0 saturated carbocycles. The molecule has 3 aromatic rings. The van der Waals surface area contributed by atoms with Gasteiger partial charge in [-0.15, -0.1) is 10.2 Å². The van der Waals surface area contributed by atoms with Crippen LogP contribution in [-0.4, -0.2) is 25.2 Å². The van der Waals surface area contributed by atoms with Gasteiger partial charge in [0.15, 0.2) is 5.82 Å². The molecule has 3 rings (SSSR count). The first-order chi connectivity index (χ1) is 9.24. The van der Waals surface area contributed by atoms with E-state index in [9.17, 15) is 0 Å². The summed E-state index contributed by atoms with van der Waals surface area (Å²) in [5.41, 5.74) is 8.18. The molecule has 0 aliphatic carbocycles. The molecule has 0 bridgehead atoms. The molecule has 0 aliphatic heterocycles. The van der Waals surface area contributed by atoms with Gasteiger partial charge in [-0.3, -0.25) is 4.98 Å². The molecule has 1 unspecified atom stereocenters. The van der Waals surface area contributed by atoms with E-state index in [1.807, 2.05) is 30.3 Å². The number of para-hydroxylation sites is 1. The zero-order valence-corrected chi connectivity index (χ0v) is 10.6. The van der Waals surface area contributed by atoms with Crippen molar-refractivity contribution in [2.45, 2.75) is 12.5 Å². The first-order valence-electron chi connectivity index (χ1n) is 6.06. The molecular weight excluding hydrogens is 240 g/mol. The van der Waals surface area contributed by atoms with Gasteiger partial charge in [0, 0.05) is 24.0 Å². The lowest BCUT2D eigenvalue weighted by atomic mass is 10.0. The molecule has 6 heteroatoms. The Morgan fingerprint density at radius 3 is 2.89 bits per heavy atom. The Morgan fingerprint density at radius 1 is 1.26 bits per heavy atom.